The van der Waals surface area contributed by atoms with Crippen molar-refractivity contribution in [3.8, 4) is 0 Å². The summed E-state index contributed by atoms with van der Waals surface area (Å²) in [6.07, 6.45) is 1.87. The first-order chi connectivity index (χ1) is 10.6. The minimum absolute atomic E-state index is 0.100. The van der Waals surface area contributed by atoms with Crippen molar-refractivity contribution in [3.05, 3.63) is 48.6 Å². The first kappa shape index (κ1) is 14.8. The van der Waals surface area contributed by atoms with Crippen molar-refractivity contribution in [3.63, 3.8) is 0 Å². The SMILES string of the molecule is C=CC[C@]1(C(=O)OC)C[C@H]2CO[C@H](c3ccccc3)N2C1=O. The Morgan fingerprint density at radius 2 is 2.23 bits per heavy atom. The van der Waals surface area contributed by atoms with Crippen LogP contribution in [-0.2, 0) is 19.1 Å². The van der Waals surface area contributed by atoms with Gasteiger partial charge in [0.05, 0.1) is 19.8 Å². The third-order valence-corrected chi connectivity index (χ3v) is 4.47. The summed E-state index contributed by atoms with van der Waals surface area (Å²) < 4.78 is 10.7. The molecule has 2 aliphatic heterocycles. The minimum atomic E-state index is -1.15. The Morgan fingerprint density at radius 1 is 1.50 bits per heavy atom. The van der Waals surface area contributed by atoms with Crippen LogP contribution in [0.4, 0.5) is 0 Å². The lowest BCUT2D eigenvalue weighted by Crippen LogP contribution is -2.42. The molecule has 1 amide bonds. The fraction of sp³-hybridized carbons (Fsp3) is 0.412. The Labute approximate surface area is 129 Å². The number of allylic oxidation sites excluding steroid dienone is 1. The molecule has 3 atom stereocenters. The topological polar surface area (TPSA) is 55.8 Å². The maximum absolute atomic E-state index is 13.0. The summed E-state index contributed by atoms with van der Waals surface area (Å²) in [5.74, 6) is -0.714. The van der Waals surface area contributed by atoms with E-state index in [0.717, 1.165) is 5.56 Å². The summed E-state index contributed by atoms with van der Waals surface area (Å²) >= 11 is 0. The Morgan fingerprint density at radius 3 is 2.86 bits per heavy atom. The maximum Gasteiger partial charge on any atom is 0.321 e. The minimum Gasteiger partial charge on any atom is -0.468 e. The highest BCUT2D eigenvalue weighted by atomic mass is 16.5. The number of methoxy groups -OCH3 is 1. The number of ether oxygens (including phenoxy) is 2. The number of hydrogen-bond donors (Lipinski definition) is 0. The molecule has 2 fully saturated rings. The zero-order valence-corrected chi connectivity index (χ0v) is 12.5. The van der Waals surface area contributed by atoms with Gasteiger partial charge < -0.3 is 14.4 Å². The molecule has 22 heavy (non-hydrogen) atoms. The second-order valence-electron chi connectivity index (χ2n) is 5.73. The number of rotatable bonds is 4. The molecule has 0 unspecified atom stereocenters. The van der Waals surface area contributed by atoms with Gasteiger partial charge in [0.15, 0.2) is 11.6 Å². The van der Waals surface area contributed by atoms with Crippen LogP contribution in [0.5, 0.6) is 0 Å². The quantitative estimate of drug-likeness (QED) is 0.485. The van der Waals surface area contributed by atoms with Gasteiger partial charge in [-0.05, 0) is 12.8 Å². The smallest absolute Gasteiger partial charge is 0.321 e. The maximum atomic E-state index is 13.0. The molecule has 3 rings (SSSR count). The number of carbonyl (C=O) groups is 2. The van der Waals surface area contributed by atoms with Gasteiger partial charge in [0.2, 0.25) is 5.91 Å². The molecule has 5 nitrogen and oxygen atoms in total. The molecule has 0 bridgehead atoms. The summed E-state index contributed by atoms with van der Waals surface area (Å²) in [6, 6.07) is 9.47. The largest absolute Gasteiger partial charge is 0.468 e. The van der Waals surface area contributed by atoms with E-state index in [4.69, 9.17) is 9.47 Å². The summed E-state index contributed by atoms with van der Waals surface area (Å²) in [5.41, 5.74) is -0.240. The van der Waals surface area contributed by atoms with Crippen molar-refractivity contribution in [1.82, 2.24) is 4.90 Å². The van der Waals surface area contributed by atoms with Crippen LogP contribution >= 0.6 is 0 Å². The van der Waals surface area contributed by atoms with Gasteiger partial charge in [0.1, 0.15) is 0 Å². The molecule has 0 radical (unpaired) electrons. The molecule has 0 N–H and O–H groups in total. The second kappa shape index (κ2) is 5.57. The van der Waals surface area contributed by atoms with E-state index in [1.54, 1.807) is 11.0 Å². The zero-order chi connectivity index (χ0) is 15.7. The lowest BCUT2D eigenvalue weighted by atomic mass is 9.81. The first-order valence-electron chi connectivity index (χ1n) is 7.32. The van der Waals surface area contributed by atoms with Gasteiger partial charge in [-0.25, -0.2) is 0 Å². The number of nitrogens with zero attached hydrogens (tertiary/aromatic N) is 1. The van der Waals surface area contributed by atoms with E-state index >= 15 is 0 Å². The molecule has 2 aliphatic rings. The monoisotopic (exact) mass is 301 g/mol. The third kappa shape index (κ3) is 2.04. The molecule has 1 aromatic rings. The van der Waals surface area contributed by atoms with E-state index in [-0.39, 0.29) is 18.4 Å². The molecule has 2 saturated heterocycles. The Bertz CT molecular complexity index is 600. The molecule has 1 aromatic carbocycles. The lowest BCUT2D eigenvalue weighted by Gasteiger charge is -2.27. The summed E-state index contributed by atoms with van der Waals surface area (Å²) in [4.78, 5) is 26.9. The van der Waals surface area contributed by atoms with Crippen LogP contribution in [0.15, 0.2) is 43.0 Å². The van der Waals surface area contributed by atoms with E-state index in [0.29, 0.717) is 13.0 Å². The van der Waals surface area contributed by atoms with Crippen molar-refractivity contribution in [2.75, 3.05) is 13.7 Å². The van der Waals surface area contributed by atoms with Crippen molar-refractivity contribution >= 4 is 11.9 Å². The standard InChI is InChI=1S/C17H19NO4/c1-3-9-17(16(20)21-2)10-13-11-22-14(18(13)15(17)19)12-7-5-4-6-8-12/h3-8,13-14H,1,9-11H2,2H3/t13-,14+,17-/m0/s1. The van der Waals surface area contributed by atoms with Crippen LogP contribution < -0.4 is 0 Å². The summed E-state index contributed by atoms with van der Waals surface area (Å²) in [7, 11) is 1.31. The number of benzene rings is 1. The van der Waals surface area contributed by atoms with Gasteiger partial charge in [0.25, 0.3) is 0 Å². The van der Waals surface area contributed by atoms with Crippen LogP contribution in [0.2, 0.25) is 0 Å². The average molecular weight is 301 g/mol. The van der Waals surface area contributed by atoms with E-state index in [9.17, 15) is 9.59 Å². The fourth-order valence-electron chi connectivity index (χ4n) is 3.46. The molecule has 0 saturated carbocycles. The highest BCUT2D eigenvalue weighted by molar-refractivity contribution is 6.05. The van der Waals surface area contributed by atoms with Crippen molar-refractivity contribution < 1.29 is 19.1 Å². The molecular weight excluding hydrogens is 282 g/mol. The highest BCUT2D eigenvalue weighted by Crippen LogP contribution is 2.47. The van der Waals surface area contributed by atoms with Gasteiger partial charge >= 0.3 is 5.97 Å². The molecule has 0 spiro atoms. The number of carbonyl (C=O) groups excluding carboxylic acids is 2. The molecule has 0 aromatic heterocycles. The lowest BCUT2D eigenvalue weighted by molar-refractivity contribution is -0.161. The van der Waals surface area contributed by atoms with Gasteiger partial charge in [-0.15, -0.1) is 6.58 Å². The van der Waals surface area contributed by atoms with Crippen LogP contribution in [0.3, 0.4) is 0 Å². The number of hydrogen-bond acceptors (Lipinski definition) is 4. The van der Waals surface area contributed by atoms with Crippen LogP contribution in [-0.4, -0.2) is 36.5 Å². The Hall–Kier alpha value is -2.14. The van der Waals surface area contributed by atoms with Crippen LogP contribution in [0.25, 0.3) is 0 Å². The second-order valence-corrected chi connectivity index (χ2v) is 5.73. The predicted molar refractivity (Wildman–Crippen MR) is 79.6 cm³/mol. The van der Waals surface area contributed by atoms with Crippen molar-refractivity contribution in [1.29, 1.82) is 0 Å². The zero-order valence-electron chi connectivity index (χ0n) is 12.5. The molecule has 2 heterocycles. The van der Waals surface area contributed by atoms with Crippen LogP contribution in [0.1, 0.15) is 24.6 Å². The summed E-state index contributed by atoms with van der Waals surface area (Å²) in [6.45, 7) is 4.11. The van der Waals surface area contributed by atoms with Gasteiger partial charge in [-0.1, -0.05) is 36.4 Å². The van der Waals surface area contributed by atoms with E-state index in [2.05, 4.69) is 6.58 Å². The van der Waals surface area contributed by atoms with Crippen molar-refractivity contribution in [2.24, 2.45) is 5.41 Å². The molecule has 5 heteroatoms. The number of fused-ring (bicyclic) bond motifs is 1. The Kier molecular flexibility index (Phi) is 3.74. The van der Waals surface area contributed by atoms with Crippen molar-refractivity contribution in [2.45, 2.75) is 25.1 Å². The molecule has 116 valence electrons. The van der Waals surface area contributed by atoms with E-state index in [1.807, 2.05) is 30.3 Å². The molecule has 0 aliphatic carbocycles. The Balaban J connectivity index is 1.95. The average Bonchev–Trinajstić information content (AvgIpc) is 3.07. The number of esters is 1. The predicted octanol–water partition coefficient (Wildman–Crippen LogP) is 2.05. The van der Waals surface area contributed by atoms with Gasteiger partial charge in [0, 0.05) is 5.56 Å². The van der Waals surface area contributed by atoms with E-state index in [1.165, 1.54) is 7.11 Å². The van der Waals surface area contributed by atoms with E-state index < -0.39 is 17.6 Å². The van der Waals surface area contributed by atoms with Gasteiger partial charge in [-0.3, -0.25) is 9.59 Å². The van der Waals surface area contributed by atoms with Gasteiger partial charge in [-0.2, -0.15) is 0 Å². The highest BCUT2D eigenvalue weighted by Gasteiger charge is 2.60. The first-order valence-corrected chi connectivity index (χ1v) is 7.32. The van der Waals surface area contributed by atoms with Crippen LogP contribution in [0, 0.1) is 5.41 Å². The molecular formula is C17H19NO4. The number of amides is 1. The summed E-state index contributed by atoms with van der Waals surface area (Å²) in [5, 5.41) is 0. The third-order valence-electron chi connectivity index (χ3n) is 4.47. The fourth-order valence-corrected chi connectivity index (χ4v) is 3.46. The normalized spacial score (nSPS) is 30.2.